The maximum Gasteiger partial charge on any atom is 0.115 e. The summed E-state index contributed by atoms with van der Waals surface area (Å²) in [6, 6.07) is 0. The fourth-order valence-corrected chi connectivity index (χ4v) is 1.05. The summed E-state index contributed by atoms with van der Waals surface area (Å²) in [5, 5.41) is 35.2. The maximum atomic E-state index is 9.09. The monoisotopic (exact) mass is 163 g/mol. The summed E-state index contributed by atoms with van der Waals surface area (Å²) in [4.78, 5) is 0. The lowest BCUT2D eigenvalue weighted by molar-refractivity contribution is -0.0234. The Morgan fingerprint density at radius 1 is 1.27 bits per heavy atom. The van der Waals surface area contributed by atoms with Gasteiger partial charge in [0.15, 0.2) is 0 Å². The Labute approximate surface area is 63.8 Å². The molecule has 0 saturated carbocycles. The van der Waals surface area contributed by atoms with Crippen molar-refractivity contribution in [2.24, 2.45) is 0 Å². The van der Waals surface area contributed by atoms with E-state index in [4.69, 9.17) is 25.2 Å². The van der Waals surface area contributed by atoms with Crippen LogP contribution in [-0.2, 0) is 4.74 Å². The van der Waals surface area contributed by atoms with Crippen molar-refractivity contribution in [3.8, 4) is 0 Å². The van der Waals surface area contributed by atoms with Gasteiger partial charge in [-0.3, -0.25) is 0 Å². The lowest BCUT2D eigenvalue weighted by Gasteiger charge is -2.10. The molecule has 0 unspecified atom stereocenters. The van der Waals surface area contributed by atoms with Crippen LogP contribution in [0.25, 0.3) is 0 Å². The van der Waals surface area contributed by atoms with Gasteiger partial charge >= 0.3 is 0 Å². The first-order valence-electron chi connectivity index (χ1n) is 3.30. The summed E-state index contributed by atoms with van der Waals surface area (Å²) >= 11 is 0. The van der Waals surface area contributed by atoms with E-state index in [-0.39, 0.29) is 6.61 Å². The number of rotatable bonds is 2. The number of aliphatic hydroxyl groups excluding tert-OH is 4. The Kier molecular flexibility index (Phi) is 2.80. The van der Waals surface area contributed by atoms with Crippen LogP contribution in [0.15, 0.2) is 0 Å². The van der Waals surface area contributed by atoms with Gasteiger partial charge in [0.25, 0.3) is 0 Å². The van der Waals surface area contributed by atoms with Gasteiger partial charge in [0.1, 0.15) is 31.0 Å². The highest BCUT2D eigenvalue weighted by molar-refractivity contribution is 4.93. The SMILES string of the molecule is O[CH][C@H]1O[C@H](CO)[C@@H](O)[C@@H]1O. The Balaban J connectivity index is 2.53. The highest BCUT2D eigenvalue weighted by Gasteiger charge is 2.41. The summed E-state index contributed by atoms with van der Waals surface area (Å²) < 4.78 is 4.83. The molecule has 1 rings (SSSR count). The molecule has 0 spiro atoms. The third kappa shape index (κ3) is 1.52. The van der Waals surface area contributed by atoms with E-state index in [0.717, 1.165) is 0 Å². The third-order valence-corrected chi connectivity index (χ3v) is 1.73. The van der Waals surface area contributed by atoms with Crippen LogP contribution < -0.4 is 0 Å². The van der Waals surface area contributed by atoms with Crippen molar-refractivity contribution in [2.45, 2.75) is 24.4 Å². The zero-order chi connectivity index (χ0) is 8.43. The highest BCUT2D eigenvalue weighted by atomic mass is 16.6. The minimum Gasteiger partial charge on any atom is -0.394 e. The van der Waals surface area contributed by atoms with Gasteiger partial charge in [0.05, 0.1) is 6.61 Å². The predicted octanol–water partition coefficient (Wildman–Crippen LogP) is -2.00. The quantitative estimate of drug-likeness (QED) is 0.378. The van der Waals surface area contributed by atoms with Gasteiger partial charge in [-0.1, -0.05) is 0 Å². The minimum absolute atomic E-state index is 0.372. The van der Waals surface area contributed by atoms with Crippen LogP contribution in [0.2, 0.25) is 0 Å². The highest BCUT2D eigenvalue weighted by Crippen LogP contribution is 2.21. The van der Waals surface area contributed by atoms with Crippen LogP contribution in [-0.4, -0.2) is 51.4 Å². The molecule has 5 nitrogen and oxygen atoms in total. The molecule has 11 heavy (non-hydrogen) atoms. The van der Waals surface area contributed by atoms with Crippen molar-refractivity contribution < 1.29 is 25.2 Å². The van der Waals surface area contributed by atoms with E-state index in [1.54, 1.807) is 0 Å². The molecule has 1 heterocycles. The first-order chi connectivity index (χ1) is 5.20. The molecule has 0 bridgehead atoms. The molecule has 0 aromatic rings. The summed E-state index contributed by atoms with van der Waals surface area (Å²) in [6.45, 7) is 0.284. The van der Waals surface area contributed by atoms with Crippen LogP contribution in [0.4, 0.5) is 0 Å². The topological polar surface area (TPSA) is 90.2 Å². The Hall–Kier alpha value is -0.200. The summed E-state index contributed by atoms with van der Waals surface area (Å²) in [5.74, 6) is 0. The average Bonchev–Trinajstić information content (AvgIpc) is 2.30. The number of hydrogen-bond acceptors (Lipinski definition) is 5. The van der Waals surface area contributed by atoms with Gasteiger partial charge in [0, 0.05) is 0 Å². The first kappa shape index (κ1) is 8.89. The molecule has 0 aliphatic carbocycles. The van der Waals surface area contributed by atoms with E-state index in [0.29, 0.717) is 6.61 Å². The largest absolute Gasteiger partial charge is 0.394 e. The van der Waals surface area contributed by atoms with E-state index in [2.05, 4.69) is 0 Å². The van der Waals surface area contributed by atoms with Crippen LogP contribution in [0.3, 0.4) is 0 Å². The first-order valence-corrected chi connectivity index (χ1v) is 3.30. The van der Waals surface area contributed by atoms with Crippen molar-refractivity contribution in [3.63, 3.8) is 0 Å². The number of hydrogen-bond donors (Lipinski definition) is 4. The zero-order valence-corrected chi connectivity index (χ0v) is 5.79. The fraction of sp³-hybridized carbons (Fsp3) is 0.833. The molecular formula is C6H11O5. The summed E-state index contributed by atoms with van der Waals surface area (Å²) in [7, 11) is 0. The molecule has 65 valence electrons. The van der Waals surface area contributed by atoms with Crippen LogP contribution in [0, 0.1) is 6.61 Å². The molecule has 4 N–H and O–H groups in total. The normalized spacial score (nSPS) is 44.7. The van der Waals surface area contributed by atoms with Crippen molar-refractivity contribution in [1.29, 1.82) is 0 Å². The van der Waals surface area contributed by atoms with E-state index in [1.165, 1.54) is 0 Å². The molecule has 5 heteroatoms. The standard InChI is InChI=1S/C6H11O5/c7-1-3-5(9)6(10)4(2-8)11-3/h1,3-10H,2H2/t3-,4-,5-,6-/m1/s1. The van der Waals surface area contributed by atoms with Gasteiger partial charge in [0.2, 0.25) is 0 Å². The van der Waals surface area contributed by atoms with Gasteiger partial charge in [-0.25, -0.2) is 0 Å². The molecular weight excluding hydrogens is 152 g/mol. The van der Waals surface area contributed by atoms with E-state index in [1.807, 2.05) is 0 Å². The molecule has 0 amide bonds. The predicted molar refractivity (Wildman–Crippen MR) is 34.0 cm³/mol. The molecule has 1 aliphatic rings. The van der Waals surface area contributed by atoms with Crippen LogP contribution in [0.1, 0.15) is 0 Å². The van der Waals surface area contributed by atoms with Crippen LogP contribution in [0.5, 0.6) is 0 Å². The van der Waals surface area contributed by atoms with Crippen molar-refractivity contribution in [1.82, 2.24) is 0 Å². The maximum absolute atomic E-state index is 9.09. The van der Waals surface area contributed by atoms with Crippen LogP contribution >= 0.6 is 0 Å². The fourth-order valence-electron chi connectivity index (χ4n) is 1.05. The van der Waals surface area contributed by atoms with Gasteiger partial charge in [-0.2, -0.15) is 0 Å². The lowest BCUT2D eigenvalue weighted by atomic mass is 10.1. The Morgan fingerprint density at radius 3 is 2.18 bits per heavy atom. The summed E-state index contributed by atoms with van der Waals surface area (Å²) in [5.41, 5.74) is 0. The van der Waals surface area contributed by atoms with Gasteiger partial charge < -0.3 is 25.2 Å². The number of aliphatic hydroxyl groups is 4. The molecule has 1 saturated heterocycles. The van der Waals surface area contributed by atoms with E-state index < -0.39 is 24.4 Å². The molecule has 1 fully saturated rings. The van der Waals surface area contributed by atoms with E-state index >= 15 is 0 Å². The Bertz CT molecular complexity index is 110. The van der Waals surface area contributed by atoms with Crippen molar-refractivity contribution in [3.05, 3.63) is 6.61 Å². The average molecular weight is 163 g/mol. The molecule has 0 aromatic heterocycles. The smallest absolute Gasteiger partial charge is 0.115 e. The Morgan fingerprint density at radius 2 is 1.91 bits per heavy atom. The molecule has 0 aromatic carbocycles. The summed E-state index contributed by atoms with van der Waals surface area (Å²) in [6.07, 6.45) is -3.99. The second kappa shape index (κ2) is 3.46. The second-order valence-corrected chi connectivity index (χ2v) is 2.45. The van der Waals surface area contributed by atoms with E-state index in [9.17, 15) is 0 Å². The zero-order valence-electron chi connectivity index (χ0n) is 5.79. The van der Waals surface area contributed by atoms with Gasteiger partial charge in [-0.05, 0) is 0 Å². The van der Waals surface area contributed by atoms with Gasteiger partial charge in [-0.15, -0.1) is 0 Å². The number of ether oxygens (including phenoxy) is 1. The molecule has 1 radical (unpaired) electrons. The second-order valence-electron chi connectivity index (χ2n) is 2.45. The van der Waals surface area contributed by atoms with Crippen molar-refractivity contribution >= 4 is 0 Å². The molecule has 1 aliphatic heterocycles. The lowest BCUT2D eigenvalue weighted by Crippen LogP contribution is -2.33. The molecule has 4 atom stereocenters. The minimum atomic E-state index is -1.16. The third-order valence-electron chi connectivity index (χ3n) is 1.73. The van der Waals surface area contributed by atoms with Crippen molar-refractivity contribution in [2.75, 3.05) is 6.61 Å².